The molecule has 0 atom stereocenters. The van der Waals surface area contributed by atoms with E-state index >= 15 is 0 Å². The zero-order valence-electron chi connectivity index (χ0n) is 11.4. The van der Waals surface area contributed by atoms with Gasteiger partial charge in [0.05, 0.1) is 21.3 Å². The summed E-state index contributed by atoms with van der Waals surface area (Å²) in [7, 11) is -3.10. The van der Waals surface area contributed by atoms with Crippen molar-refractivity contribution >= 4 is 48.4 Å². The van der Waals surface area contributed by atoms with E-state index in [9.17, 15) is 12.8 Å². The van der Waals surface area contributed by atoms with Gasteiger partial charge in [0.25, 0.3) is 0 Å². The third-order valence-electron chi connectivity index (χ3n) is 3.25. The van der Waals surface area contributed by atoms with Gasteiger partial charge in [-0.25, -0.2) is 17.8 Å². The van der Waals surface area contributed by atoms with Gasteiger partial charge in [-0.2, -0.15) is 0 Å². The highest BCUT2D eigenvalue weighted by Crippen LogP contribution is 2.24. The van der Waals surface area contributed by atoms with Gasteiger partial charge in [-0.05, 0) is 22.0 Å². The Morgan fingerprint density at radius 3 is 2.76 bits per heavy atom. The number of aryl methyl sites for hydroxylation is 2. The minimum atomic E-state index is -3.10. The summed E-state index contributed by atoms with van der Waals surface area (Å²) in [5, 5.41) is 0. The SMILES string of the molecule is CCS(=O)(=O)CCn1c(CCCl)nc2cc(Br)c(F)cc21. The van der Waals surface area contributed by atoms with E-state index in [1.807, 2.05) is 0 Å². The van der Waals surface area contributed by atoms with Gasteiger partial charge in [0, 0.05) is 30.7 Å². The Balaban J connectivity index is 2.48. The summed E-state index contributed by atoms with van der Waals surface area (Å²) in [5.74, 6) is 0.725. The smallest absolute Gasteiger partial charge is 0.151 e. The van der Waals surface area contributed by atoms with Crippen LogP contribution in [-0.4, -0.2) is 35.4 Å². The number of imidazole rings is 1. The summed E-state index contributed by atoms with van der Waals surface area (Å²) in [6, 6.07) is 2.95. The van der Waals surface area contributed by atoms with Crippen molar-refractivity contribution in [3.05, 3.63) is 28.2 Å². The van der Waals surface area contributed by atoms with Gasteiger partial charge in [-0.1, -0.05) is 6.92 Å². The third-order valence-corrected chi connectivity index (χ3v) is 5.73. The van der Waals surface area contributed by atoms with Gasteiger partial charge in [0.1, 0.15) is 11.6 Å². The van der Waals surface area contributed by atoms with Gasteiger partial charge in [-0.15, -0.1) is 11.6 Å². The maximum Gasteiger partial charge on any atom is 0.151 e. The molecule has 2 rings (SSSR count). The maximum absolute atomic E-state index is 13.7. The van der Waals surface area contributed by atoms with Gasteiger partial charge in [0.15, 0.2) is 9.84 Å². The molecule has 2 aromatic rings. The first-order valence-corrected chi connectivity index (χ1v) is 9.63. The van der Waals surface area contributed by atoms with Crippen molar-refractivity contribution in [3.8, 4) is 0 Å². The normalized spacial score (nSPS) is 12.2. The quantitative estimate of drug-likeness (QED) is 0.704. The van der Waals surface area contributed by atoms with Crippen molar-refractivity contribution < 1.29 is 12.8 Å². The van der Waals surface area contributed by atoms with Crippen molar-refractivity contribution in [2.75, 3.05) is 17.4 Å². The number of hydrogen-bond donors (Lipinski definition) is 0. The standard InChI is InChI=1S/C13H15BrClFN2O2S/c1-2-21(19,20)6-5-18-12-8-10(16)9(14)7-11(12)17-13(18)3-4-15/h7-8H,2-6H2,1H3. The summed E-state index contributed by atoms with van der Waals surface area (Å²) >= 11 is 8.89. The molecule has 0 aliphatic rings. The Kier molecular flexibility index (Phi) is 5.27. The van der Waals surface area contributed by atoms with Crippen LogP contribution in [0.2, 0.25) is 0 Å². The molecule has 116 valence electrons. The van der Waals surface area contributed by atoms with E-state index in [1.54, 1.807) is 17.6 Å². The molecule has 0 spiro atoms. The van der Waals surface area contributed by atoms with Crippen LogP contribution in [0, 0.1) is 5.82 Å². The Morgan fingerprint density at radius 1 is 1.43 bits per heavy atom. The fourth-order valence-corrected chi connectivity index (χ4v) is 3.32. The van der Waals surface area contributed by atoms with Crippen molar-refractivity contribution in [1.29, 1.82) is 0 Å². The van der Waals surface area contributed by atoms with Crippen LogP contribution in [0.4, 0.5) is 4.39 Å². The summed E-state index contributed by atoms with van der Waals surface area (Å²) in [6.07, 6.45) is 0.502. The van der Waals surface area contributed by atoms with Gasteiger partial charge in [0.2, 0.25) is 0 Å². The Hall–Kier alpha value is -0.660. The second kappa shape index (κ2) is 6.62. The Labute approximate surface area is 136 Å². The lowest BCUT2D eigenvalue weighted by atomic mass is 10.3. The number of fused-ring (bicyclic) bond motifs is 1. The molecule has 1 heterocycles. The van der Waals surface area contributed by atoms with Crippen LogP contribution in [0.15, 0.2) is 16.6 Å². The molecule has 21 heavy (non-hydrogen) atoms. The molecule has 0 aliphatic heterocycles. The first kappa shape index (κ1) is 16.7. The topological polar surface area (TPSA) is 52.0 Å². The van der Waals surface area contributed by atoms with Gasteiger partial charge in [-0.3, -0.25) is 0 Å². The van der Waals surface area contributed by atoms with Crippen LogP contribution in [0.25, 0.3) is 11.0 Å². The molecule has 0 N–H and O–H groups in total. The van der Waals surface area contributed by atoms with E-state index in [2.05, 4.69) is 20.9 Å². The maximum atomic E-state index is 13.7. The summed E-state index contributed by atoms with van der Waals surface area (Å²) in [6.45, 7) is 1.86. The first-order valence-electron chi connectivity index (χ1n) is 6.48. The van der Waals surface area contributed by atoms with E-state index in [0.717, 1.165) is 0 Å². The molecule has 0 saturated carbocycles. The highest BCUT2D eigenvalue weighted by Gasteiger charge is 2.15. The minimum absolute atomic E-state index is 0.00191. The fourth-order valence-electron chi connectivity index (χ4n) is 2.07. The fraction of sp³-hybridized carbons (Fsp3) is 0.462. The van der Waals surface area contributed by atoms with Crippen LogP contribution in [0.1, 0.15) is 12.7 Å². The van der Waals surface area contributed by atoms with Crippen molar-refractivity contribution in [3.63, 3.8) is 0 Å². The second-order valence-electron chi connectivity index (χ2n) is 4.61. The first-order chi connectivity index (χ1) is 9.88. The lowest BCUT2D eigenvalue weighted by molar-refractivity contribution is 0.589. The Bertz CT molecular complexity index is 761. The molecule has 0 amide bonds. The van der Waals surface area contributed by atoms with Gasteiger partial charge < -0.3 is 4.57 Å². The lowest BCUT2D eigenvalue weighted by Gasteiger charge is -2.08. The predicted octanol–water partition coefficient (Wildman–Crippen LogP) is 3.15. The highest BCUT2D eigenvalue weighted by atomic mass is 79.9. The molecule has 4 nitrogen and oxygen atoms in total. The van der Waals surface area contributed by atoms with Crippen LogP contribution in [-0.2, 0) is 22.8 Å². The molecule has 8 heteroatoms. The third kappa shape index (κ3) is 3.76. The van der Waals surface area contributed by atoms with Crippen LogP contribution in [0.3, 0.4) is 0 Å². The number of halogens is 3. The number of benzene rings is 1. The summed E-state index contributed by atoms with van der Waals surface area (Å²) < 4.78 is 39.2. The highest BCUT2D eigenvalue weighted by molar-refractivity contribution is 9.10. The average Bonchev–Trinajstić information content (AvgIpc) is 2.75. The zero-order chi connectivity index (χ0) is 15.6. The molecular weight excluding hydrogens is 383 g/mol. The zero-order valence-corrected chi connectivity index (χ0v) is 14.6. The molecular formula is C13H15BrClFN2O2S. The van der Waals surface area contributed by atoms with Crippen LogP contribution >= 0.6 is 27.5 Å². The van der Waals surface area contributed by atoms with Gasteiger partial charge >= 0.3 is 0 Å². The number of hydrogen-bond acceptors (Lipinski definition) is 3. The Morgan fingerprint density at radius 2 is 2.14 bits per heavy atom. The molecule has 0 unspecified atom stereocenters. The van der Waals surface area contributed by atoms with Crippen molar-refractivity contribution in [2.45, 2.75) is 19.9 Å². The van der Waals surface area contributed by atoms with E-state index in [1.165, 1.54) is 6.07 Å². The molecule has 0 aliphatic carbocycles. The lowest BCUT2D eigenvalue weighted by Crippen LogP contribution is -2.16. The van der Waals surface area contributed by atoms with E-state index in [0.29, 0.717) is 33.6 Å². The van der Waals surface area contributed by atoms with E-state index in [-0.39, 0.29) is 18.1 Å². The minimum Gasteiger partial charge on any atom is -0.327 e. The molecule has 0 fully saturated rings. The van der Waals surface area contributed by atoms with E-state index < -0.39 is 15.7 Å². The van der Waals surface area contributed by atoms with Crippen molar-refractivity contribution in [2.24, 2.45) is 0 Å². The molecule has 1 aromatic carbocycles. The van der Waals surface area contributed by atoms with Crippen LogP contribution in [0.5, 0.6) is 0 Å². The van der Waals surface area contributed by atoms with Crippen molar-refractivity contribution in [1.82, 2.24) is 9.55 Å². The number of alkyl halides is 1. The molecule has 0 bridgehead atoms. The van der Waals surface area contributed by atoms with Crippen LogP contribution < -0.4 is 0 Å². The summed E-state index contributed by atoms with van der Waals surface area (Å²) in [5.41, 5.74) is 1.21. The number of rotatable bonds is 6. The second-order valence-corrected chi connectivity index (χ2v) is 8.32. The molecule has 0 saturated heterocycles. The molecule has 0 radical (unpaired) electrons. The van der Waals surface area contributed by atoms with E-state index in [4.69, 9.17) is 11.6 Å². The largest absolute Gasteiger partial charge is 0.327 e. The monoisotopic (exact) mass is 396 g/mol. The molecule has 1 aromatic heterocycles. The summed E-state index contributed by atoms with van der Waals surface area (Å²) in [4.78, 5) is 4.42. The number of nitrogens with zero attached hydrogens (tertiary/aromatic N) is 2. The number of aromatic nitrogens is 2. The predicted molar refractivity (Wildman–Crippen MR) is 86.1 cm³/mol. The average molecular weight is 398 g/mol. The number of sulfone groups is 1.